The monoisotopic (exact) mass is 654 g/mol. The Kier molecular flexibility index (Phi) is 6.64. The zero-order chi connectivity index (χ0) is 34.3. The van der Waals surface area contributed by atoms with Crippen LogP contribution in [0.5, 0.6) is 0 Å². The molecule has 0 bridgehead atoms. The van der Waals surface area contributed by atoms with E-state index in [1.165, 1.54) is 87.8 Å². The van der Waals surface area contributed by atoms with Crippen LogP contribution >= 0.6 is 0 Å². The van der Waals surface area contributed by atoms with E-state index in [-0.39, 0.29) is 5.41 Å². The summed E-state index contributed by atoms with van der Waals surface area (Å²) < 4.78 is 6.47. The van der Waals surface area contributed by atoms with Crippen molar-refractivity contribution in [3.8, 4) is 44.5 Å². The second kappa shape index (κ2) is 11.3. The summed E-state index contributed by atoms with van der Waals surface area (Å²) in [6, 6.07) is 52.0. The number of hydrogen-bond acceptors (Lipinski definition) is 1. The van der Waals surface area contributed by atoms with E-state index in [0.717, 1.165) is 29.7 Å². The molecule has 1 heteroatoms. The van der Waals surface area contributed by atoms with E-state index in [2.05, 4.69) is 172 Å². The summed E-state index contributed by atoms with van der Waals surface area (Å²) in [5.74, 6) is 1.00. The van der Waals surface area contributed by atoms with Gasteiger partial charge in [-0.2, -0.15) is 0 Å². The number of furan rings is 1. The molecule has 1 aromatic heterocycles. The van der Waals surface area contributed by atoms with Crippen LogP contribution in [-0.4, -0.2) is 0 Å². The van der Waals surface area contributed by atoms with Gasteiger partial charge in [-0.25, -0.2) is 0 Å². The highest BCUT2D eigenvalue weighted by molar-refractivity contribution is 6.28. The van der Waals surface area contributed by atoms with Crippen LogP contribution in [0.2, 0.25) is 0 Å². The highest BCUT2D eigenvalue weighted by Crippen LogP contribution is 2.46. The Morgan fingerprint density at radius 2 is 1.10 bits per heavy atom. The van der Waals surface area contributed by atoms with Crippen molar-refractivity contribution in [3.05, 3.63) is 162 Å². The van der Waals surface area contributed by atoms with Crippen molar-refractivity contribution >= 4 is 49.4 Å². The molecule has 8 aromatic carbocycles. The predicted octanol–water partition coefficient (Wildman–Crippen LogP) is 14.3. The number of benzene rings is 8. The van der Waals surface area contributed by atoms with Crippen LogP contribution in [0, 0.1) is 0 Å². The van der Waals surface area contributed by atoms with Crippen LogP contribution in [0.4, 0.5) is 0 Å². The average molecular weight is 655 g/mol. The highest BCUT2D eigenvalue weighted by atomic mass is 16.3. The van der Waals surface area contributed by atoms with E-state index in [1.807, 2.05) is 0 Å². The van der Waals surface area contributed by atoms with Gasteiger partial charge in [-0.15, -0.1) is 0 Å². The maximum Gasteiger partial charge on any atom is 0.142 e. The minimum Gasteiger partial charge on any atom is -0.456 e. The molecule has 51 heavy (non-hydrogen) atoms. The van der Waals surface area contributed by atoms with E-state index >= 15 is 0 Å². The molecule has 10 rings (SSSR count). The Balaban J connectivity index is 1.16. The van der Waals surface area contributed by atoms with Crippen molar-refractivity contribution in [2.45, 2.75) is 39.0 Å². The van der Waals surface area contributed by atoms with Crippen molar-refractivity contribution in [2.75, 3.05) is 0 Å². The van der Waals surface area contributed by atoms with Crippen LogP contribution in [0.25, 0.3) is 93.9 Å². The van der Waals surface area contributed by atoms with Crippen LogP contribution < -0.4 is 0 Å². The summed E-state index contributed by atoms with van der Waals surface area (Å²) in [5, 5.41) is 9.14. The largest absolute Gasteiger partial charge is 0.456 e. The first-order valence-electron chi connectivity index (χ1n) is 18.1. The predicted molar refractivity (Wildman–Crippen MR) is 218 cm³/mol. The van der Waals surface area contributed by atoms with Crippen LogP contribution in [0.15, 0.2) is 150 Å². The lowest BCUT2D eigenvalue weighted by Crippen LogP contribution is -2.10. The van der Waals surface area contributed by atoms with Gasteiger partial charge in [-0.05, 0) is 119 Å². The molecule has 0 aliphatic heterocycles. The smallest absolute Gasteiger partial charge is 0.142 e. The molecule has 0 unspecified atom stereocenters. The average Bonchev–Trinajstić information content (AvgIpc) is 3.56. The van der Waals surface area contributed by atoms with Crippen molar-refractivity contribution in [2.24, 2.45) is 0 Å². The number of para-hydroxylation sites is 1. The van der Waals surface area contributed by atoms with Gasteiger partial charge in [0.05, 0.1) is 0 Å². The zero-order valence-electron chi connectivity index (χ0n) is 29.3. The molecule has 1 heterocycles. The van der Waals surface area contributed by atoms with Gasteiger partial charge in [-0.3, -0.25) is 0 Å². The Hall–Kier alpha value is -5.92. The van der Waals surface area contributed by atoms with Crippen molar-refractivity contribution < 1.29 is 4.42 Å². The molecule has 0 saturated heterocycles. The van der Waals surface area contributed by atoms with E-state index in [9.17, 15) is 0 Å². The molecule has 1 nitrogen and oxygen atoms in total. The molecule has 1 aliphatic carbocycles. The van der Waals surface area contributed by atoms with E-state index < -0.39 is 0 Å². The standard InChI is InChI=1S/C50H38O/c1-50(2,3)38-28-36-22-24-41-44(31-12-5-4-6-13-31)30-45(42-25-23-37(29-38)47(36)48(41)42)35-17-10-15-33(27-35)32-14-9-16-34(26-32)39-19-11-20-43-40-18-7-8-21-46(40)51-49(39)43/h4-6,8-17,19-30H,7,18H2,1-3H3. The Bertz CT molecular complexity index is 2800. The first-order valence-corrected chi connectivity index (χ1v) is 18.1. The fourth-order valence-corrected chi connectivity index (χ4v) is 8.40. The fraction of sp³-hybridized carbons (Fsp3) is 0.120. The van der Waals surface area contributed by atoms with Gasteiger partial charge < -0.3 is 4.42 Å². The topological polar surface area (TPSA) is 13.1 Å². The quantitative estimate of drug-likeness (QED) is 0.172. The summed E-state index contributed by atoms with van der Waals surface area (Å²) in [4.78, 5) is 0. The number of hydrogen-bond donors (Lipinski definition) is 0. The summed E-state index contributed by atoms with van der Waals surface area (Å²) in [7, 11) is 0. The molecular formula is C50H38O. The molecule has 0 radical (unpaired) electrons. The summed E-state index contributed by atoms with van der Waals surface area (Å²) in [5.41, 5.74) is 13.4. The minimum absolute atomic E-state index is 0.0732. The van der Waals surface area contributed by atoms with Gasteiger partial charge in [-0.1, -0.05) is 148 Å². The van der Waals surface area contributed by atoms with E-state index in [0.29, 0.717) is 0 Å². The molecule has 0 N–H and O–H groups in total. The van der Waals surface area contributed by atoms with Crippen LogP contribution in [-0.2, 0) is 11.8 Å². The van der Waals surface area contributed by atoms with Crippen molar-refractivity contribution in [1.82, 2.24) is 0 Å². The fourth-order valence-electron chi connectivity index (χ4n) is 8.40. The number of allylic oxidation sites excluding steroid dienone is 1. The SMILES string of the molecule is CC(C)(C)c1cc2ccc3c(-c4ccccc4)cc(-c4cccc(-c5cccc(-c6cccc7c8c(oc67)C=CCC8)c5)c4)c4ccc(c1)c2c34. The zero-order valence-corrected chi connectivity index (χ0v) is 29.3. The highest BCUT2D eigenvalue weighted by Gasteiger charge is 2.21. The van der Waals surface area contributed by atoms with Gasteiger partial charge in [0.1, 0.15) is 11.3 Å². The number of fused-ring (bicyclic) bond motifs is 3. The van der Waals surface area contributed by atoms with Gasteiger partial charge in [0.25, 0.3) is 0 Å². The van der Waals surface area contributed by atoms with E-state index in [1.54, 1.807) is 0 Å². The van der Waals surface area contributed by atoms with Gasteiger partial charge in [0, 0.05) is 16.5 Å². The van der Waals surface area contributed by atoms with Gasteiger partial charge in [0.15, 0.2) is 0 Å². The lowest BCUT2D eigenvalue weighted by Gasteiger charge is -2.23. The second-order valence-electron chi connectivity index (χ2n) is 15.2. The molecule has 1 aliphatic rings. The molecule has 0 atom stereocenters. The molecule has 244 valence electrons. The van der Waals surface area contributed by atoms with Gasteiger partial charge >= 0.3 is 0 Å². The maximum atomic E-state index is 6.47. The van der Waals surface area contributed by atoms with Crippen LogP contribution in [0.1, 0.15) is 44.1 Å². The van der Waals surface area contributed by atoms with Crippen LogP contribution in [0.3, 0.4) is 0 Å². The summed E-state index contributed by atoms with van der Waals surface area (Å²) in [6.07, 6.45) is 6.44. The summed E-state index contributed by atoms with van der Waals surface area (Å²) in [6.45, 7) is 6.90. The summed E-state index contributed by atoms with van der Waals surface area (Å²) >= 11 is 0. The molecule has 0 spiro atoms. The van der Waals surface area contributed by atoms with Gasteiger partial charge in [0.2, 0.25) is 0 Å². The van der Waals surface area contributed by atoms with Crippen molar-refractivity contribution in [3.63, 3.8) is 0 Å². The first kappa shape index (κ1) is 29.9. The Morgan fingerprint density at radius 3 is 1.78 bits per heavy atom. The second-order valence-corrected chi connectivity index (χ2v) is 15.2. The molecule has 0 amide bonds. The minimum atomic E-state index is 0.0732. The third-order valence-corrected chi connectivity index (χ3v) is 11.0. The third kappa shape index (κ3) is 4.83. The Morgan fingerprint density at radius 1 is 0.490 bits per heavy atom. The van der Waals surface area contributed by atoms with Crippen molar-refractivity contribution in [1.29, 1.82) is 0 Å². The lowest BCUT2D eigenvalue weighted by molar-refractivity contribution is 0.591. The molecule has 0 fully saturated rings. The maximum absolute atomic E-state index is 6.47. The lowest BCUT2D eigenvalue weighted by atomic mass is 9.81. The normalized spacial score (nSPS) is 13.2. The Labute approximate surface area is 298 Å². The first-order chi connectivity index (χ1) is 24.9. The van der Waals surface area contributed by atoms with E-state index in [4.69, 9.17) is 4.42 Å². The molecule has 0 saturated carbocycles. The third-order valence-electron chi connectivity index (χ3n) is 11.0. The number of rotatable bonds is 4. The molecule has 9 aromatic rings. The molecular weight excluding hydrogens is 617 g/mol. The number of aryl methyl sites for hydroxylation is 1.